The summed E-state index contributed by atoms with van der Waals surface area (Å²) in [4.78, 5) is 0. The van der Waals surface area contributed by atoms with Crippen molar-refractivity contribution in [2.45, 2.75) is 46.6 Å². The third-order valence-corrected chi connectivity index (χ3v) is 4.13. The lowest BCUT2D eigenvalue weighted by Gasteiger charge is -2.13. The van der Waals surface area contributed by atoms with Gasteiger partial charge in [-0.05, 0) is 59.8 Å². The van der Waals surface area contributed by atoms with E-state index in [-0.39, 0.29) is 6.04 Å². The summed E-state index contributed by atoms with van der Waals surface area (Å²) in [6.45, 7) is 8.35. The van der Waals surface area contributed by atoms with Gasteiger partial charge in [0.05, 0.1) is 17.4 Å². The van der Waals surface area contributed by atoms with E-state index in [0.717, 1.165) is 34.4 Å². The van der Waals surface area contributed by atoms with E-state index >= 15 is 0 Å². The molecule has 1 unspecified atom stereocenters. The topological polar surface area (TPSA) is 56.7 Å². The molecule has 0 aliphatic heterocycles. The summed E-state index contributed by atoms with van der Waals surface area (Å²) < 4.78 is 2.95. The fourth-order valence-electron chi connectivity index (χ4n) is 2.48. The number of aromatic nitrogens is 3. The van der Waals surface area contributed by atoms with Gasteiger partial charge in [-0.25, -0.2) is 4.68 Å². The van der Waals surface area contributed by atoms with Crippen molar-refractivity contribution in [3.05, 3.63) is 39.1 Å². The zero-order chi connectivity index (χ0) is 14.9. The summed E-state index contributed by atoms with van der Waals surface area (Å²) in [7, 11) is 0. The Kier molecular flexibility index (Phi) is 4.60. The van der Waals surface area contributed by atoms with E-state index in [1.807, 2.05) is 4.68 Å². The second-order valence-electron chi connectivity index (χ2n) is 5.11. The van der Waals surface area contributed by atoms with Gasteiger partial charge in [-0.2, -0.15) is 0 Å². The van der Waals surface area contributed by atoms with Crippen LogP contribution in [0.3, 0.4) is 0 Å². The molecule has 2 aromatic rings. The second kappa shape index (κ2) is 6.06. The zero-order valence-corrected chi connectivity index (χ0v) is 14.0. The molecule has 108 valence electrons. The lowest BCUT2D eigenvalue weighted by Crippen LogP contribution is -2.13. The predicted molar refractivity (Wildman–Crippen MR) is 85.1 cm³/mol. The Bertz CT molecular complexity index is 595. The number of hydrogen-bond donors (Lipinski definition) is 1. The fourth-order valence-corrected chi connectivity index (χ4v) is 3.32. The summed E-state index contributed by atoms with van der Waals surface area (Å²) in [5, 5.41) is 8.64. The maximum absolute atomic E-state index is 6.13. The maximum atomic E-state index is 6.13. The number of hydrogen-bond acceptors (Lipinski definition) is 3. The number of aryl methyl sites for hydroxylation is 2. The van der Waals surface area contributed by atoms with Gasteiger partial charge < -0.3 is 5.73 Å². The smallest absolute Gasteiger partial charge is 0.103 e. The summed E-state index contributed by atoms with van der Waals surface area (Å²) in [6.07, 6.45) is 1.72. The van der Waals surface area contributed by atoms with E-state index in [4.69, 9.17) is 5.73 Å². The van der Waals surface area contributed by atoms with Crippen molar-refractivity contribution >= 4 is 15.9 Å². The van der Waals surface area contributed by atoms with E-state index in [1.54, 1.807) is 0 Å². The lowest BCUT2D eigenvalue weighted by molar-refractivity contribution is 0.665. The van der Waals surface area contributed by atoms with Crippen LogP contribution in [0.15, 0.2) is 16.6 Å². The van der Waals surface area contributed by atoms with Crippen LogP contribution in [0, 0.1) is 13.8 Å². The molecule has 0 radical (unpaired) electrons. The summed E-state index contributed by atoms with van der Waals surface area (Å²) in [5.74, 6) is 0. The number of nitrogens with zero attached hydrogens (tertiary/aromatic N) is 3. The number of halogens is 1. The molecule has 20 heavy (non-hydrogen) atoms. The van der Waals surface area contributed by atoms with E-state index in [9.17, 15) is 0 Å². The van der Waals surface area contributed by atoms with Gasteiger partial charge in [-0.1, -0.05) is 25.1 Å². The molecule has 0 bridgehead atoms. The normalized spacial score (nSPS) is 12.7. The maximum Gasteiger partial charge on any atom is 0.103 e. The zero-order valence-electron chi connectivity index (χ0n) is 12.4. The Morgan fingerprint density at radius 2 is 2.00 bits per heavy atom. The van der Waals surface area contributed by atoms with Gasteiger partial charge in [0.2, 0.25) is 0 Å². The van der Waals surface area contributed by atoms with Crippen molar-refractivity contribution in [2.75, 3.05) is 0 Å². The monoisotopic (exact) mass is 336 g/mol. The van der Waals surface area contributed by atoms with Crippen LogP contribution in [-0.4, -0.2) is 15.0 Å². The third-order valence-electron chi connectivity index (χ3n) is 3.53. The summed E-state index contributed by atoms with van der Waals surface area (Å²) in [6, 6.07) is 4.20. The summed E-state index contributed by atoms with van der Waals surface area (Å²) >= 11 is 3.64. The average Bonchev–Trinajstić information content (AvgIpc) is 2.80. The molecule has 1 aromatic heterocycles. The second-order valence-corrected chi connectivity index (χ2v) is 5.97. The Morgan fingerprint density at radius 3 is 2.55 bits per heavy atom. The molecular weight excluding hydrogens is 316 g/mol. The molecule has 5 heteroatoms. The van der Waals surface area contributed by atoms with Crippen molar-refractivity contribution in [1.29, 1.82) is 0 Å². The van der Waals surface area contributed by atoms with Gasteiger partial charge in [0.1, 0.15) is 5.69 Å². The third kappa shape index (κ3) is 2.65. The first kappa shape index (κ1) is 15.2. The van der Waals surface area contributed by atoms with Crippen LogP contribution < -0.4 is 5.73 Å². The van der Waals surface area contributed by atoms with Gasteiger partial charge in [-0.15, -0.1) is 5.10 Å². The van der Waals surface area contributed by atoms with Crippen molar-refractivity contribution in [1.82, 2.24) is 15.0 Å². The van der Waals surface area contributed by atoms with E-state index < -0.39 is 0 Å². The standard InChI is InChI=1S/C15H21BrN4/c1-5-12(17)14-13(6-2)20(19-18-14)15-10(4)7-9(3)8-11(15)16/h7-8,12H,5-6,17H2,1-4H3. The first-order valence-electron chi connectivity index (χ1n) is 6.96. The molecule has 0 aliphatic carbocycles. The van der Waals surface area contributed by atoms with Gasteiger partial charge in [0.15, 0.2) is 0 Å². The van der Waals surface area contributed by atoms with Crippen molar-refractivity contribution in [2.24, 2.45) is 5.73 Å². The van der Waals surface area contributed by atoms with Crippen LogP contribution in [-0.2, 0) is 6.42 Å². The Morgan fingerprint density at radius 1 is 1.30 bits per heavy atom. The van der Waals surface area contributed by atoms with Crippen LogP contribution >= 0.6 is 15.9 Å². The highest BCUT2D eigenvalue weighted by atomic mass is 79.9. The van der Waals surface area contributed by atoms with Gasteiger partial charge >= 0.3 is 0 Å². The molecule has 0 saturated carbocycles. The van der Waals surface area contributed by atoms with Gasteiger partial charge in [-0.3, -0.25) is 0 Å². The Labute approximate surface area is 128 Å². The highest BCUT2D eigenvalue weighted by Crippen LogP contribution is 2.29. The molecule has 0 aliphatic rings. The van der Waals surface area contributed by atoms with Crippen LogP contribution in [0.4, 0.5) is 0 Å². The minimum atomic E-state index is -0.0526. The molecule has 4 nitrogen and oxygen atoms in total. The first-order chi connectivity index (χ1) is 9.49. The minimum absolute atomic E-state index is 0.0526. The van der Waals surface area contributed by atoms with Crippen molar-refractivity contribution in [3.8, 4) is 5.69 Å². The van der Waals surface area contributed by atoms with E-state index in [1.165, 1.54) is 11.1 Å². The molecule has 0 fully saturated rings. The Balaban J connectivity index is 2.62. The quantitative estimate of drug-likeness (QED) is 0.927. The first-order valence-corrected chi connectivity index (χ1v) is 7.76. The molecule has 0 amide bonds. The molecule has 0 saturated heterocycles. The highest BCUT2D eigenvalue weighted by molar-refractivity contribution is 9.10. The van der Waals surface area contributed by atoms with Crippen LogP contribution in [0.2, 0.25) is 0 Å². The van der Waals surface area contributed by atoms with Crippen LogP contribution in [0.1, 0.15) is 48.8 Å². The van der Waals surface area contributed by atoms with Gasteiger partial charge in [0, 0.05) is 4.47 Å². The van der Waals surface area contributed by atoms with Crippen LogP contribution in [0.5, 0.6) is 0 Å². The van der Waals surface area contributed by atoms with E-state index in [2.05, 4.69) is 66.1 Å². The lowest BCUT2D eigenvalue weighted by atomic mass is 10.1. The SMILES string of the molecule is CCc1c(C(N)CC)nnn1-c1c(C)cc(C)cc1Br. The fraction of sp³-hybridized carbons (Fsp3) is 0.467. The number of nitrogens with two attached hydrogens (primary N) is 1. The molecule has 1 aromatic carbocycles. The molecule has 2 rings (SSSR count). The van der Waals surface area contributed by atoms with E-state index in [0.29, 0.717) is 0 Å². The number of rotatable bonds is 4. The predicted octanol–water partition coefficient (Wildman–Crippen LogP) is 3.62. The van der Waals surface area contributed by atoms with Gasteiger partial charge in [0.25, 0.3) is 0 Å². The number of benzene rings is 1. The van der Waals surface area contributed by atoms with Crippen molar-refractivity contribution in [3.63, 3.8) is 0 Å². The summed E-state index contributed by atoms with van der Waals surface area (Å²) in [5.41, 5.74) is 11.6. The minimum Gasteiger partial charge on any atom is -0.323 e. The molecule has 1 atom stereocenters. The molecule has 0 spiro atoms. The molecule has 2 N–H and O–H groups in total. The van der Waals surface area contributed by atoms with Crippen LogP contribution in [0.25, 0.3) is 5.69 Å². The molecule has 1 heterocycles. The highest BCUT2D eigenvalue weighted by Gasteiger charge is 2.19. The largest absolute Gasteiger partial charge is 0.323 e. The Hall–Kier alpha value is -1.20. The van der Waals surface area contributed by atoms with Crippen molar-refractivity contribution < 1.29 is 0 Å². The average molecular weight is 337 g/mol. The molecular formula is C15H21BrN4.